The predicted octanol–water partition coefficient (Wildman–Crippen LogP) is 4.40. The summed E-state index contributed by atoms with van der Waals surface area (Å²) in [4.78, 5) is 4.90. The quantitative estimate of drug-likeness (QED) is 0.546. The van der Waals surface area contributed by atoms with Gasteiger partial charge in [-0.1, -0.05) is 79.7 Å². The number of rotatable bonds is 9. The Morgan fingerprint density at radius 1 is 0.781 bits per heavy atom. The Bertz CT molecular complexity index is 883. The third-order valence-corrected chi connectivity index (χ3v) is 6.25. The molecule has 0 radical (unpaired) electrons. The largest absolute Gasteiger partial charge is 0.491 e. The highest BCUT2D eigenvalue weighted by molar-refractivity contribution is 5.32. The number of aliphatic hydroxyl groups is 1. The summed E-state index contributed by atoms with van der Waals surface area (Å²) in [5.74, 6) is 0.819. The van der Waals surface area contributed by atoms with Crippen LogP contribution in [0.4, 0.5) is 0 Å². The average Bonchev–Trinajstić information content (AvgIpc) is 2.86. The molecule has 3 aromatic carbocycles. The second-order valence-corrected chi connectivity index (χ2v) is 8.52. The van der Waals surface area contributed by atoms with Crippen molar-refractivity contribution < 1.29 is 9.84 Å². The summed E-state index contributed by atoms with van der Waals surface area (Å²) in [6, 6.07) is 29.9. The van der Waals surface area contributed by atoms with Gasteiger partial charge in [0.2, 0.25) is 0 Å². The lowest BCUT2D eigenvalue weighted by atomic mass is 9.96. The van der Waals surface area contributed by atoms with E-state index in [0.29, 0.717) is 13.2 Å². The molecular formula is C28H34N2O2. The van der Waals surface area contributed by atoms with E-state index in [1.54, 1.807) is 0 Å². The van der Waals surface area contributed by atoms with Gasteiger partial charge < -0.3 is 9.84 Å². The van der Waals surface area contributed by atoms with E-state index < -0.39 is 6.10 Å². The zero-order valence-electron chi connectivity index (χ0n) is 18.9. The van der Waals surface area contributed by atoms with Crippen molar-refractivity contribution in [1.29, 1.82) is 0 Å². The molecule has 1 N–H and O–H groups in total. The highest BCUT2D eigenvalue weighted by Gasteiger charge is 2.27. The number of aryl methyl sites for hydroxylation is 1. The van der Waals surface area contributed by atoms with Gasteiger partial charge in [0, 0.05) is 32.7 Å². The minimum atomic E-state index is -0.494. The topological polar surface area (TPSA) is 35.9 Å². The molecule has 1 fully saturated rings. The van der Waals surface area contributed by atoms with Crippen LogP contribution < -0.4 is 4.74 Å². The summed E-state index contributed by atoms with van der Waals surface area (Å²) in [5.41, 5.74) is 3.95. The Balaban J connectivity index is 1.30. The molecule has 1 heterocycles. The van der Waals surface area contributed by atoms with Crippen LogP contribution in [-0.4, -0.2) is 60.3 Å². The van der Waals surface area contributed by atoms with Gasteiger partial charge in [0.15, 0.2) is 0 Å². The van der Waals surface area contributed by atoms with Crippen LogP contribution in [0.15, 0.2) is 84.9 Å². The number of nitrogens with zero attached hydrogens (tertiary/aromatic N) is 2. The van der Waals surface area contributed by atoms with Crippen molar-refractivity contribution in [1.82, 2.24) is 9.80 Å². The van der Waals surface area contributed by atoms with Crippen LogP contribution in [0.1, 0.15) is 29.7 Å². The van der Waals surface area contributed by atoms with E-state index >= 15 is 0 Å². The van der Waals surface area contributed by atoms with Gasteiger partial charge in [-0.05, 0) is 35.2 Å². The maximum atomic E-state index is 10.5. The third kappa shape index (κ3) is 5.98. The zero-order chi connectivity index (χ0) is 22.2. The van der Waals surface area contributed by atoms with Crippen molar-refractivity contribution >= 4 is 0 Å². The van der Waals surface area contributed by atoms with Crippen LogP contribution in [0.2, 0.25) is 0 Å². The molecule has 1 saturated heterocycles. The minimum absolute atomic E-state index is 0.263. The van der Waals surface area contributed by atoms with Gasteiger partial charge in [0.05, 0.1) is 6.04 Å². The van der Waals surface area contributed by atoms with E-state index in [0.717, 1.165) is 38.3 Å². The summed E-state index contributed by atoms with van der Waals surface area (Å²) < 4.78 is 5.80. The van der Waals surface area contributed by atoms with Crippen molar-refractivity contribution in [3.63, 3.8) is 0 Å². The average molecular weight is 431 g/mol. The molecule has 4 heteroatoms. The van der Waals surface area contributed by atoms with Gasteiger partial charge in [0.25, 0.3) is 0 Å². The summed E-state index contributed by atoms with van der Waals surface area (Å²) in [7, 11) is 0. The first kappa shape index (κ1) is 22.5. The Hall–Kier alpha value is -2.66. The van der Waals surface area contributed by atoms with Crippen molar-refractivity contribution in [3.8, 4) is 5.75 Å². The fraction of sp³-hybridized carbons (Fsp3) is 0.357. The smallest absolute Gasteiger partial charge is 0.119 e. The van der Waals surface area contributed by atoms with E-state index in [9.17, 15) is 5.11 Å². The second-order valence-electron chi connectivity index (χ2n) is 8.52. The Labute approximate surface area is 192 Å². The zero-order valence-corrected chi connectivity index (χ0v) is 18.9. The summed E-state index contributed by atoms with van der Waals surface area (Å²) in [6.07, 6.45) is 0.524. The summed E-state index contributed by atoms with van der Waals surface area (Å²) in [5, 5.41) is 10.5. The normalized spacial score (nSPS) is 16.2. The SMILES string of the molecule is CCc1ccc(OCC(O)CN2CCN(C(c3ccccc3)c3ccccc3)CC2)cc1. The monoisotopic (exact) mass is 430 g/mol. The number of aliphatic hydroxyl groups excluding tert-OH is 1. The van der Waals surface area contributed by atoms with Gasteiger partial charge in [0.1, 0.15) is 18.5 Å². The molecule has 1 aliphatic heterocycles. The molecule has 1 unspecified atom stereocenters. The number of ether oxygens (including phenoxy) is 1. The lowest BCUT2D eigenvalue weighted by Crippen LogP contribution is -2.50. The molecule has 3 aromatic rings. The van der Waals surface area contributed by atoms with E-state index in [1.165, 1.54) is 16.7 Å². The third-order valence-electron chi connectivity index (χ3n) is 6.25. The summed E-state index contributed by atoms with van der Waals surface area (Å²) >= 11 is 0. The van der Waals surface area contributed by atoms with Gasteiger partial charge in [-0.3, -0.25) is 9.80 Å². The number of piperazine rings is 1. The first-order valence-corrected chi connectivity index (χ1v) is 11.7. The number of β-amino-alcohol motifs (C(OH)–C–C–N with tert-alkyl or cyclic N) is 1. The highest BCUT2D eigenvalue weighted by Crippen LogP contribution is 2.29. The predicted molar refractivity (Wildman–Crippen MR) is 130 cm³/mol. The van der Waals surface area contributed by atoms with Crippen molar-refractivity contribution in [3.05, 3.63) is 102 Å². The molecule has 4 nitrogen and oxygen atoms in total. The molecule has 168 valence electrons. The first-order valence-electron chi connectivity index (χ1n) is 11.7. The molecule has 32 heavy (non-hydrogen) atoms. The Morgan fingerprint density at radius 3 is 1.88 bits per heavy atom. The van der Waals surface area contributed by atoms with Gasteiger partial charge >= 0.3 is 0 Å². The summed E-state index contributed by atoms with van der Waals surface area (Å²) in [6.45, 7) is 6.93. The molecule has 0 aromatic heterocycles. The molecule has 0 spiro atoms. The maximum Gasteiger partial charge on any atom is 0.119 e. The van der Waals surface area contributed by atoms with Crippen LogP contribution in [0, 0.1) is 0 Å². The lowest BCUT2D eigenvalue weighted by molar-refractivity contribution is 0.0401. The van der Waals surface area contributed by atoms with Crippen LogP contribution in [0.25, 0.3) is 0 Å². The van der Waals surface area contributed by atoms with Gasteiger partial charge in [-0.25, -0.2) is 0 Å². The van der Waals surface area contributed by atoms with Crippen molar-refractivity contribution in [2.45, 2.75) is 25.5 Å². The van der Waals surface area contributed by atoms with E-state index in [4.69, 9.17) is 4.74 Å². The van der Waals surface area contributed by atoms with Gasteiger partial charge in [-0.2, -0.15) is 0 Å². The van der Waals surface area contributed by atoms with Gasteiger partial charge in [-0.15, -0.1) is 0 Å². The molecule has 0 aliphatic carbocycles. The van der Waals surface area contributed by atoms with Crippen molar-refractivity contribution in [2.24, 2.45) is 0 Å². The maximum absolute atomic E-state index is 10.5. The number of benzene rings is 3. The Morgan fingerprint density at radius 2 is 1.34 bits per heavy atom. The van der Waals surface area contributed by atoms with Crippen LogP contribution in [0.3, 0.4) is 0 Å². The van der Waals surface area contributed by atoms with E-state index in [1.807, 2.05) is 12.1 Å². The van der Waals surface area contributed by atoms with Crippen molar-refractivity contribution in [2.75, 3.05) is 39.3 Å². The number of hydrogen-bond acceptors (Lipinski definition) is 4. The van der Waals surface area contributed by atoms with Crippen LogP contribution in [0.5, 0.6) is 5.75 Å². The second kappa shape index (κ2) is 11.3. The molecule has 0 bridgehead atoms. The standard InChI is InChI=1S/C28H34N2O2/c1-2-23-13-15-27(16-14-23)32-22-26(31)21-29-17-19-30(20-18-29)28(24-9-5-3-6-10-24)25-11-7-4-8-12-25/h3-16,26,28,31H,2,17-22H2,1H3. The molecule has 0 saturated carbocycles. The molecule has 1 aliphatic rings. The molecular weight excluding hydrogens is 396 g/mol. The van der Waals surface area contributed by atoms with Crippen LogP contribution >= 0.6 is 0 Å². The fourth-order valence-corrected chi connectivity index (χ4v) is 4.45. The Kier molecular flexibility index (Phi) is 7.94. The fourth-order valence-electron chi connectivity index (χ4n) is 4.45. The van der Waals surface area contributed by atoms with Crippen LogP contribution in [-0.2, 0) is 6.42 Å². The molecule has 0 amide bonds. The lowest BCUT2D eigenvalue weighted by Gasteiger charge is -2.40. The minimum Gasteiger partial charge on any atom is -0.491 e. The highest BCUT2D eigenvalue weighted by atomic mass is 16.5. The van der Waals surface area contributed by atoms with E-state index in [2.05, 4.69) is 89.5 Å². The first-order chi connectivity index (χ1) is 15.7. The molecule has 1 atom stereocenters. The molecule has 4 rings (SSSR count). The number of hydrogen-bond donors (Lipinski definition) is 1. The van der Waals surface area contributed by atoms with E-state index in [-0.39, 0.29) is 6.04 Å².